The van der Waals surface area contributed by atoms with Gasteiger partial charge in [0.25, 0.3) is 0 Å². The fourth-order valence-electron chi connectivity index (χ4n) is 7.47. The first-order chi connectivity index (χ1) is 17.4. The van der Waals surface area contributed by atoms with Crippen molar-refractivity contribution in [1.82, 2.24) is 4.68 Å². The van der Waals surface area contributed by atoms with Crippen molar-refractivity contribution in [3.63, 3.8) is 0 Å². The van der Waals surface area contributed by atoms with Crippen molar-refractivity contribution < 1.29 is 19.0 Å². The SMILES string of the molecule is COCc1cc2c(cc1OCC13CC(C#N)(C1)C3)[C@H]1CCC3(CC3)N1n1cc(C(=O)OC)c(=O)cc1-2. The van der Waals surface area contributed by atoms with Gasteiger partial charge in [-0.3, -0.25) is 14.5 Å². The van der Waals surface area contributed by atoms with Gasteiger partial charge >= 0.3 is 5.97 Å². The van der Waals surface area contributed by atoms with Gasteiger partial charge in [-0.25, -0.2) is 4.79 Å². The summed E-state index contributed by atoms with van der Waals surface area (Å²) in [6.07, 6.45) is 8.74. The Morgan fingerprint density at radius 1 is 1.17 bits per heavy atom. The lowest BCUT2D eigenvalue weighted by molar-refractivity contribution is -0.182. The molecule has 1 aromatic carbocycles. The Balaban J connectivity index is 1.32. The first-order valence-electron chi connectivity index (χ1n) is 12.7. The summed E-state index contributed by atoms with van der Waals surface area (Å²) in [6, 6.07) is 8.41. The minimum Gasteiger partial charge on any atom is -0.493 e. The Morgan fingerprint density at radius 2 is 1.94 bits per heavy atom. The summed E-state index contributed by atoms with van der Waals surface area (Å²) in [5.41, 5.74) is 3.67. The van der Waals surface area contributed by atoms with E-state index in [0.29, 0.717) is 13.2 Å². The molecule has 1 atom stereocenters. The number of esters is 1. The maximum atomic E-state index is 13.0. The molecule has 186 valence electrons. The minimum atomic E-state index is -0.614. The quantitative estimate of drug-likeness (QED) is 0.572. The molecule has 0 amide bonds. The molecule has 0 radical (unpaired) electrons. The molecular formula is C28H29N3O5. The Kier molecular flexibility index (Phi) is 4.35. The number of carbonyl (C=O) groups is 1. The molecule has 0 unspecified atom stereocenters. The zero-order chi connectivity index (χ0) is 24.9. The van der Waals surface area contributed by atoms with Gasteiger partial charge in [-0.15, -0.1) is 0 Å². The van der Waals surface area contributed by atoms with E-state index in [1.165, 1.54) is 7.11 Å². The largest absolute Gasteiger partial charge is 0.493 e. The maximum absolute atomic E-state index is 13.0. The van der Waals surface area contributed by atoms with Gasteiger partial charge in [0.1, 0.15) is 11.3 Å². The van der Waals surface area contributed by atoms with Gasteiger partial charge in [-0.05, 0) is 62.6 Å². The van der Waals surface area contributed by atoms with Crippen molar-refractivity contribution in [2.75, 3.05) is 25.8 Å². The lowest BCUT2D eigenvalue weighted by Crippen LogP contribution is -2.63. The second kappa shape index (κ2) is 7.13. The zero-order valence-electron chi connectivity index (χ0n) is 20.6. The average molecular weight is 488 g/mol. The zero-order valence-corrected chi connectivity index (χ0v) is 20.6. The second-order valence-corrected chi connectivity index (χ2v) is 11.6. The second-order valence-electron chi connectivity index (χ2n) is 11.6. The molecule has 2 bridgehead atoms. The van der Waals surface area contributed by atoms with Gasteiger partial charge in [0, 0.05) is 35.9 Å². The third-order valence-electron chi connectivity index (χ3n) is 9.24. The number of hydrogen-bond acceptors (Lipinski definition) is 7. The molecule has 5 fully saturated rings. The molecule has 1 saturated heterocycles. The first-order valence-corrected chi connectivity index (χ1v) is 12.7. The highest BCUT2D eigenvalue weighted by molar-refractivity contribution is 5.89. The Labute approximate surface area is 209 Å². The monoisotopic (exact) mass is 487 g/mol. The lowest BCUT2D eigenvalue weighted by atomic mass is 9.36. The van der Waals surface area contributed by atoms with Crippen LogP contribution in [0.4, 0.5) is 0 Å². The summed E-state index contributed by atoms with van der Waals surface area (Å²) in [5, 5.41) is 11.7. The summed E-state index contributed by atoms with van der Waals surface area (Å²) in [4.78, 5) is 25.3. The molecule has 4 saturated carbocycles. The molecule has 2 aliphatic heterocycles. The van der Waals surface area contributed by atoms with Gasteiger partial charge in [-0.1, -0.05) is 0 Å². The standard InChI is InChI=1S/C28H29N3O5/c1-34-11-17-7-18-19(8-24(17)36-16-27-12-26(13-27,14-27)15-29)21-3-4-28(5-6-28)31(21)30-10-20(25(33)35-2)23(32)9-22(18)30/h7-10,21H,3-6,11-14,16H2,1-2H3/t21-,26?,27?/m1/s1. The van der Waals surface area contributed by atoms with E-state index in [1.54, 1.807) is 19.4 Å². The summed E-state index contributed by atoms with van der Waals surface area (Å²) in [6.45, 7) is 1.00. The van der Waals surface area contributed by atoms with E-state index in [2.05, 4.69) is 23.2 Å². The fourth-order valence-corrected chi connectivity index (χ4v) is 7.47. The maximum Gasteiger partial charge on any atom is 0.343 e. The number of ether oxygens (including phenoxy) is 3. The number of aromatic nitrogens is 1. The number of fused-ring (bicyclic) bond motifs is 7. The number of hydrogen-bond donors (Lipinski definition) is 0. The highest BCUT2D eigenvalue weighted by atomic mass is 16.5. The van der Waals surface area contributed by atoms with Crippen LogP contribution in [-0.4, -0.2) is 37.0 Å². The van der Waals surface area contributed by atoms with E-state index in [-0.39, 0.29) is 33.4 Å². The van der Waals surface area contributed by atoms with Gasteiger partial charge in [0.15, 0.2) is 5.43 Å². The minimum absolute atomic E-state index is 0.0527. The molecule has 6 aliphatic rings. The summed E-state index contributed by atoms with van der Waals surface area (Å²) in [5.74, 6) is 0.210. The van der Waals surface area contributed by atoms with E-state index in [0.717, 1.165) is 73.1 Å². The van der Waals surface area contributed by atoms with Crippen LogP contribution < -0.4 is 15.2 Å². The smallest absolute Gasteiger partial charge is 0.343 e. The van der Waals surface area contributed by atoms with Crippen LogP contribution >= 0.6 is 0 Å². The Morgan fingerprint density at radius 3 is 2.61 bits per heavy atom. The van der Waals surface area contributed by atoms with E-state index < -0.39 is 5.97 Å². The normalized spacial score (nSPS) is 29.2. The molecule has 8 rings (SSSR count). The fraction of sp³-hybridized carbons (Fsp3) is 0.536. The summed E-state index contributed by atoms with van der Waals surface area (Å²) >= 11 is 0. The number of pyridine rings is 1. The highest BCUT2D eigenvalue weighted by Gasteiger charge is 2.68. The van der Waals surface area contributed by atoms with E-state index in [4.69, 9.17) is 14.2 Å². The van der Waals surface area contributed by atoms with Gasteiger partial charge in [0.2, 0.25) is 0 Å². The predicted molar refractivity (Wildman–Crippen MR) is 130 cm³/mol. The number of nitriles is 1. The molecule has 1 spiro atoms. The van der Waals surface area contributed by atoms with E-state index >= 15 is 0 Å². The molecule has 0 N–H and O–H groups in total. The van der Waals surface area contributed by atoms with Crippen molar-refractivity contribution in [3.8, 4) is 23.1 Å². The van der Waals surface area contributed by atoms with Crippen molar-refractivity contribution in [2.24, 2.45) is 10.8 Å². The number of nitrogens with zero attached hydrogens (tertiary/aromatic N) is 3. The van der Waals surface area contributed by atoms with Crippen molar-refractivity contribution in [1.29, 1.82) is 5.26 Å². The molecular weight excluding hydrogens is 458 g/mol. The van der Waals surface area contributed by atoms with E-state index in [1.807, 2.05) is 4.68 Å². The van der Waals surface area contributed by atoms with Crippen molar-refractivity contribution in [3.05, 3.63) is 51.3 Å². The van der Waals surface area contributed by atoms with Crippen LogP contribution in [0.5, 0.6) is 5.75 Å². The van der Waals surface area contributed by atoms with Crippen LogP contribution in [0.3, 0.4) is 0 Å². The van der Waals surface area contributed by atoms with Crippen molar-refractivity contribution in [2.45, 2.75) is 63.1 Å². The Bertz CT molecular complexity index is 1400. The van der Waals surface area contributed by atoms with Gasteiger partial charge in [-0.2, -0.15) is 5.26 Å². The average Bonchev–Trinajstić information content (AvgIpc) is 3.51. The Hall–Kier alpha value is -3.31. The molecule has 2 aromatic rings. The van der Waals surface area contributed by atoms with Crippen molar-refractivity contribution >= 4 is 5.97 Å². The number of rotatable bonds is 6. The third-order valence-corrected chi connectivity index (χ3v) is 9.24. The van der Waals surface area contributed by atoms with Crippen LogP contribution in [0.25, 0.3) is 11.3 Å². The molecule has 4 aliphatic carbocycles. The van der Waals surface area contributed by atoms with E-state index in [9.17, 15) is 14.9 Å². The highest BCUT2D eigenvalue weighted by Crippen LogP contribution is 2.73. The number of carbonyl (C=O) groups excluding carboxylic acids is 1. The van der Waals surface area contributed by atoms with Crippen LogP contribution in [0.15, 0.2) is 29.2 Å². The van der Waals surface area contributed by atoms with Crippen LogP contribution in [0.2, 0.25) is 0 Å². The number of methoxy groups -OCH3 is 2. The van der Waals surface area contributed by atoms with Crippen LogP contribution in [-0.2, 0) is 16.1 Å². The number of benzene rings is 1. The lowest BCUT2D eigenvalue weighted by Gasteiger charge is -2.66. The van der Waals surface area contributed by atoms with Crippen LogP contribution in [0.1, 0.15) is 72.5 Å². The molecule has 8 nitrogen and oxygen atoms in total. The van der Waals surface area contributed by atoms with Crippen LogP contribution in [0, 0.1) is 22.2 Å². The van der Waals surface area contributed by atoms with Gasteiger partial charge < -0.3 is 14.2 Å². The summed E-state index contributed by atoms with van der Waals surface area (Å²) in [7, 11) is 2.96. The third kappa shape index (κ3) is 2.83. The molecule has 8 heteroatoms. The predicted octanol–water partition coefficient (Wildman–Crippen LogP) is 3.84. The topological polar surface area (TPSA) is 93.8 Å². The molecule has 36 heavy (non-hydrogen) atoms. The van der Waals surface area contributed by atoms with Gasteiger partial charge in [0.05, 0.1) is 49.1 Å². The summed E-state index contributed by atoms with van der Waals surface area (Å²) < 4.78 is 18.9. The first kappa shape index (κ1) is 21.9. The molecule has 1 aromatic heterocycles. The molecule has 3 heterocycles.